The number of anilines is 1. The molecule has 1 aromatic heterocycles. The van der Waals surface area contributed by atoms with Gasteiger partial charge in [0.1, 0.15) is 0 Å². The molecule has 1 fully saturated rings. The second kappa shape index (κ2) is 7.35. The van der Waals surface area contributed by atoms with Gasteiger partial charge in [-0.3, -0.25) is 9.69 Å². The van der Waals surface area contributed by atoms with Crippen molar-refractivity contribution in [1.29, 1.82) is 0 Å². The number of aryl methyl sites for hydroxylation is 1. The van der Waals surface area contributed by atoms with Gasteiger partial charge >= 0.3 is 0 Å². The SMILES string of the molecule is Cn1ccnc(NCC2CN(Cc3cccc4c3OCO4)CCO2)c1=O. The minimum atomic E-state index is -0.142. The summed E-state index contributed by atoms with van der Waals surface area (Å²) in [5.41, 5.74) is 0.976. The van der Waals surface area contributed by atoms with Crippen LogP contribution in [0.2, 0.25) is 0 Å². The van der Waals surface area contributed by atoms with Crippen LogP contribution in [-0.4, -0.2) is 53.6 Å². The highest BCUT2D eigenvalue weighted by molar-refractivity contribution is 5.48. The monoisotopic (exact) mass is 358 g/mol. The number of hydrogen-bond acceptors (Lipinski definition) is 7. The highest BCUT2D eigenvalue weighted by atomic mass is 16.7. The maximum absolute atomic E-state index is 12.0. The van der Waals surface area contributed by atoms with Crippen LogP contribution >= 0.6 is 0 Å². The third-order valence-corrected chi connectivity index (χ3v) is 4.61. The number of rotatable bonds is 5. The summed E-state index contributed by atoms with van der Waals surface area (Å²) in [6.07, 6.45) is 3.23. The molecule has 2 aliphatic rings. The minimum absolute atomic E-state index is 0.00982. The van der Waals surface area contributed by atoms with E-state index in [1.165, 1.54) is 4.57 Å². The number of fused-ring (bicyclic) bond motifs is 1. The largest absolute Gasteiger partial charge is 0.454 e. The number of nitrogens with one attached hydrogen (secondary N) is 1. The molecule has 1 N–H and O–H groups in total. The average Bonchev–Trinajstić information content (AvgIpc) is 3.13. The Morgan fingerprint density at radius 1 is 1.35 bits per heavy atom. The van der Waals surface area contributed by atoms with E-state index in [-0.39, 0.29) is 18.5 Å². The van der Waals surface area contributed by atoms with E-state index in [0.717, 1.165) is 36.7 Å². The molecule has 0 saturated carbocycles. The van der Waals surface area contributed by atoms with Crippen molar-refractivity contribution in [3.8, 4) is 11.5 Å². The molecule has 8 nitrogen and oxygen atoms in total. The summed E-state index contributed by atoms with van der Waals surface area (Å²) in [5.74, 6) is 1.99. The zero-order valence-electron chi connectivity index (χ0n) is 14.7. The number of ether oxygens (including phenoxy) is 3. The average molecular weight is 358 g/mol. The van der Waals surface area contributed by atoms with Crippen molar-refractivity contribution in [3.05, 3.63) is 46.5 Å². The molecular weight excluding hydrogens is 336 g/mol. The third kappa shape index (κ3) is 3.51. The van der Waals surface area contributed by atoms with Crippen LogP contribution in [0.1, 0.15) is 5.56 Å². The standard InChI is InChI=1S/C18H22N4O4/c1-21-6-5-19-17(18(21)23)20-9-14-11-22(7-8-24-14)10-13-3-2-4-15-16(13)26-12-25-15/h2-6,14H,7-12H2,1H3,(H,19,20). The summed E-state index contributed by atoms with van der Waals surface area (Å²) in [5, 5.41) is 3.11. The number of para-hydroxylation sites is 1. The lowest BCUT2D eigenvalue weighted by Crippen LogP contribution is -2.45. The van der Waals surface area contributed by atoms with Gasteiger partial charge in [0.15, 0.2) is 17.3 Å². The Bertz CT molecular complexity index is 838. The normalized spacial score (nSPS) is 19.5. The molecule has 0 aliphatic carbocycles. The summed E-state index contributed by atoms with van der Waals surface area (Å²) in [6.45, 7) is 3.87. The summed E-state index contributed by atoms with van der Waals surface area (Å²) >= 11 is 0. The first kappa shape index (κ1) is 16.9. The van der Waals surface area contributed by atoms with Gasteiger partial charge in [0.25, 0.3) is 5.56 Å². The molecule has 0 amide bonds. The van der Waals surface area contributed by atoms with E-state index >= 15 is 0 Å². The van der Waals surface area contributed by atoms with Crippen molar-refractivity contribution in [2.45, 2.75) is 12.6 Å². The topological polar surface area (TPSA) is 77.9 Å². The molecule has 1 unspecified atom stereocenters. The molecule has 1 atom stereocenters. The van der Waals surface area contributed by atoms with E-state index in [2.05, 4.69) is 21.3 Å². The quantitative estimate of drug-likeness (QED) is 0.848. The smallest absolute Gasteiger partial charge is 0.293 e. The summed E-state index contributed by atoms with van der Waals surface area (Å²) in [7, 11) is 1.71. The van der Waals surface area contributed by atoms with E-state index < -0.39 is 0 Å². The van der Waals surface area contributed by atoms with Crippen molar-refractivity contribution < 1.29 is 14.2 Å². The zero-order valence-corrected chi connectivity index (χ0v) is 14.7. The van der Waals surface area contributed by atoms with Crippen LogP contribution in [0.3, 0.4) is 0 Å². The molecule has 1 aromatic carbocycles. The number of hydrogen-bond donors (Lipinski definition) is 1. The summed E-state index contributed by atoms with van der Waals surface area (Å²) in [6, 6.07) is 5.97. The Morgan fingerprint density at radius 2 is 2.27 bits per heavy atom. The predicted molar refractivity (Wildman–Crippen MR) is 95.5 cm³/mol. The second-order valence-corrected chi connectivity index (χ2v) is 6.45. The molecule has 2 aliphatic heterocycles. The summed E-state index contributed by atoms with van der Waals surface area (Å²) < 4.78 is 18.4. The Labute approximate surface area is 151 Å². The number of morpholine rings is 1. The number of nitrogens with zero attached hydrogens (tertiary/aromatic N) is 3. The van der Waals surface area contributed by atoms with Crippen LogP contribution in [-0.2, 0) is 18.3 Å². The van der Waals surface area contributed by atoms with Gasteiger partial charge in [-0.05, 0) is 6.07 Å². The maximum atomic E-state index is 12.0. The van der Waals surface area contributed by atoms with Crippen molar-refractivity contribution in [3.63, 3.8) is 0 Å². The van der Waals surface area contributed by atoms with Crippen LogP contribution in [0.4, 0.5) is 5.82 Å². The van der Waals surface area contributed by atoms with Crippen molar-refractivity contribution in [1.82, 2.24) is 14.5 Å². The van der Waals surface area contributed by atoms with E-state index in [0.29, 0.717) is 19.0 Å². The molecule has 0 bridgehead atoms. The molecule has 1 saturated heterocycles. The van der Waals surface area contributed by atoms with Gasteiger partial charge < -0.3 is 24.1 Å². The second-order valence-electron chi connectivity index (χ2n) is 6.45. The van der Waals surface area contributed by atoms with Gasteiger partial charge in [0.2, 0.25) is 6.79 Å². The number of aromatic nitrogens is 2. The van der Waals surface area contributed by atoms with Gasteiger partial charge in [-0.25, -0.2) is 4.98 Å². The first-order chi connectivity index (χ1) is 12.7. The lowest BCUT2D eigenvalue weighted by molar-refractivity contribution is -0.0242. The Hall–Kier alpha value is -2.58. The Balaban J connectivity index is 1.37. The fourth-order valence-corrected chi connectivity index (χ4v) is 3.23. The third-order valence-electron chi connectivity index (χ3n) is 4.61. The van der Waals surface area contributed by atoms with Gasteiger partial charge in [-0.1, -0.05) is 12.1 Å². The molecule has 0 radical (unpaired) electrons. The molecule has 0 spiro atoms. The van der Waals surface area contributed by atoms with Crippen LogP contribution in [0.25, 0.3) is 0 Å². The lowest BCUT2D eigenvalue weighted by atomic mass is 10.1. The Kier molecular flexibility index (Phi) is 4.77. The maximum Gasteiger partial charge on any atom is 0.293 e. The minimum Gasteiger partial charge on any atom is -0.454 e. The van der Waals surface area contributed by atoms with Crippen LogP contribution in [0.5, 0.6) is 11.5 Å². The highest BCUT2D eigenvalue weighted by Gasteiger charge is 2.24. The van der Waals surface area contributed by atoms with Gasteiger partial charge in [0.05, 0.1) is 12.7 Å². The van der Waals surface area contributed by atoms with Gasteiger partial charge in [0, 0.05) is 51.2 Å². The molecule has 26 heavy (non-hydrogen) atoms. The molecule has 138 valence electrons. The molecule has 8 heteroatoms. The lowest BCUT2D eigenvalue weighted by Gasteiger charge is -2.33. The molecule has 4 rings (SSSR count). The summed E-state index contributed by atoms with van der Waals surface area (Å²) in [4.78, 5) is 18.4. The van der Waals surface area contributed by atoms with Crippen molar-refractivity contribution >= 4 is 5.82 Å². The first-order valence-corrected chi connectivity index (χ1v) is 8.67. The van der Waals surface area contributed by atoms with Crippen molar-refractivity contribution in [2.24, 2.45) is 7.05 Å². The van der Waals surface area contributed by atoms with E-state index in [1.54, 1.807) is 19.4 Å². The molecule has 3 heterocycles. The van der Waals surface area contributed by atoms with Gasteiger partial charge in [-0.2, -0.15) is 0 Å². The van der Waals surface area contributed by atoms with Crippen LogP contribution in [0.15, 0.2) is 35.4 Å². The van der Waals surface area contributed by atoms with Crippen LogP contribution < -0.4 is 20.3 Å². The van der Waals surface area contributed by atoms with E-state index in [9.17, 15) is 4.79 Å². The fraction of sp³-hybridized carbons (Fsp3) is 0.444. The fourth-order valence-electron chi connectivity index (χ4n) is 3.23. The Morgan fingerprint density at radius 3 is 3.19 bits per heavy atom. The zero-order chi connectivity index (χ0) is 17.9. The molecule has 2 aromatic rings. The predicted octanol–water partition coefficient (Wildman–Crippen LogP) is 0.822. The first-order valence-electron chi connectivity index (χ1n) is 8.67. The highest BCUT2D eigenvalue weighted by Crippen LogP contribution is 2.36. The van der Waals surface area contributed by atoms with E-state index in [4.69, 9.17) is 14.2 Å². The van der Waals surface area contributed by atoms with E-state index in [1.807, 2.05) is 12.1 Å². The van der Waals surface area contributed by atoms with Crippen molar-refractivity contribution in [2.75, 3.05) is 38.4 Å². The molecular formula is C18H22N4O4. The van der Waals surface area contributed by atoms with Gasteiger partial charge in [-0.15, -0.1) is 0 Å². The number of benzene rings is 1. The van der Waals surface area contributed by atoms with Crippen LogP contribution in [0, 0.1) is 0 Å².